The summed E-state index contributed by atoms with van der Waals surface area (Å²) in [7, 11) is 0. The zero-order valence-electron chi connectivity index (χ0n) is 11.1. The Hall–Kier alpha value is -0.430. The lowest BCUT2D eigenvalue weighted by Gasteiger charge is -2.27. The Morgan fingerprint density at radius 3 is 3.16 bits per heavy atom. The van der Waals surface area contributed by atoms with Crippen LogP contribution in [0.4, 0.5) is 0 Å². The highest BCUT2D eigenvalue weighted by Gasteiger charge is 2.19. The topological polar surface area (TPSA) is 67.5 Å². The molecule has 5 nitrogen and oxygen atoms in total. The van der Waals surface area contributed by atoms with Crippen LogP contribution in [0.2, 0.25) is 0 Å². The highest BCUT2D eigenvalue weighted by atomic mass is 79.9. The van der Waals surface area contributed by atoms with E-state index in [-0.39, 0.29) is 0 Å². The molecule has 0 spiro atoms. The van der Waals surface area contributed by atoms with Crippen molar-refractivity contribution in [1.82, 2.24) is 10.5 Å². The number of hydrogen-bond donors (Lipinski definition) is 2. The first-order valence-corrected chi connectivity index (χ1v) is 7.57. The molecule has 0 radical (unpaired) electrons. The Morgan fingerprint density at radius 1 is 1.63 bits per heavy atom. The lowest BCUT2D eigenvalue weighted by atomic mass is 9.93. The first-order chi connectivity index (χ1) is 9.15. The number of ether oxygens (including phenoxy) is 1. The molecule has 0 aromatic carbocycles. The van der Waals surface area contributed by atoms with Gasteiger partial charge in [0.1, 0.15) is 10.7 Å². The predicted molar refractivity (Wildman–Crippen MR) is 74.8 cm³/mol. The summed E-state index contributed by atoms with van der Waals surface area (Å²) in [6, 6.07) is 1.69. The van der Waals surface area contributed by atoms with Crippen molar-refractivity contribution >= 4 is 15.9 Å². The van der Waals surface area contributed by atoms with Crippen LogP contribution < -0.4 is 5.32 Å². The molecule has 1 aliphatic heterocycles. The third-order valence-electron chi connectivity index (χ3n) is 3.49. The standard InChI is InChI=1S/C13H21BrN2O3/c1-9-6-10(3-5-18-9)2-4-15-8-11(17)12-7-13(14)16-19-12/h7,9-11,15,17H,2-6,8H2,1H3. The Kier molecular flexibility index (Phi) is 5.81. The predicted octanol–water partition coefficient (Wildman–Crippen LogP) is 2.27. The van der Waals surface area contributed by atoms with E-state index in [2.05, 4.69) is 33.3 Å². The third-order valence-corrected chi connectivity index (χ3v) is 3.86. The molecule has 3 atom stereocenters. The van der Waals surface area contributed by atoms with Crippen molar-refractivity contribution in [3.63, 3.8) is 0 Å². The smallest absolute Gasteiger partial charge is 0.167 e. The van der Waals surface area contributed by atoms with Crippen LogP contribution in [0.5, 0.6) is 0 Å². The van der Waals surface area contributed by atoms with E-state index in [9.17, 15) is 5.11 Å². The minimum Gasteiger partial charge on any atom is -0.384 e. The van der Waals surface area contributed by atoms with Gasteiger partial charge in [-0.1, -0.05) is 5.16 Å². The molecule has 0 aliphatic carbocycles. The molecule has 6 heteroatoms. The number of nitrogens with zero attached hydrogens (tertiary/aromatic N) is 1. The SMILES string of the molecule is CC1CC(CCNCC(O)c2cc(Br)no2)CCO1. The highest BCUT2D eigenvalue weighted by molar-refractivity contribution is 9.10. The van der Waals surface area contributed by atoms with Gasteiger partial charge in [-0.05, 0) is 54.6 Å². The zero-order chi connectivity index (χ0) is 13.7. The van der Waals surface area contributed by atoms with Gasteiger partial charge >= 0.3 is 0 Å². The van der Waals surface area contributed by atoms with Crippen molar-refractivity contribution in [3.05, 3.63) is 16.4 Å². The van der Waals surface area contributed by atoms with Crippen molar-refractivity contribution in [2.75, 3.05) is 19.7 Å². The Morgan fingerprint density at radius 2 is 2.47 bits per heavy atom. The van der Waals surface area contributed by atoms with Gasteiger partial charge < -0.3 is 19.7 Å². The van der Waals surface area contributed by atoms with Crippen LogP contribution in [0.1, 0.15) is 38.1 Å². The molecule has 1 aromatic rings. The van der Waals surface area contributed by atoms with Crippen LogP contribution in [-0.4, -0.2) is 36.1 Å². The zero-order valence-corrected chi connectivity index (χ0v) is 12.7. The fraction of sp³-hybridized carbons (Fsp3) is 0.769. The van der Waals surface area contributed by atoms with Gasteiger partial charge in [-0.3, -0.25) is 0 Å². The van der Waals surface area contributed by atoms with Gasteiger partial charge in [-0.15, -0.1) is 0 Å². The van der Waals surface area contributed by atoms with E-state index in [0.717, 1.165) is 38.3 Å². The molecular weight excluding hydrogens is 312 g/mol. The minimum absolute atomic E-state index is 0.385. The first-order valence-electron chi connectivity index (χ1n) is 6.77. The summed E-state index contributed by atoms with van der Waals surface area (Å²) in [5, 5.41) is 16.8. The molecule has 0 saturated carbocycles. The van der Waals surface area contributed by atoms with E-state index in [0.29, 0.717) is 23.0 Å². The van der Waals surface area contributed by atoms with E-state index < -0.39 is 6.10 Å². The van der Waals surface area contributed by atoms with Crippen molar-refractivity contribution in [2.45, 2.75) is 38.4 Å². The van der Waals surface area contributed by atoms with Gasteiger partial charge in [-0.2, -0.15) is 0 Å². The number of hydrogen-bond acceptors (Lipinski definition) is 5. The molecular formula is C13H21BrN2O3. The molecule has 0 bridgehead atoms. The summed E-state index contributed by atoms with van der Waals surface area (Å²) in [5.74, 6) is 1.21. The maximum atomic E-state index is 9.88. The second-order valence-electron chi connectivity index (χ2n) is 5.13. The quantitative estimate of drug-likeness (QED) is 0.782. The van der Waals surface area contributed by atoms with E-state index in [1.54, 1.807) is 6.07 Å². The summed E-state index contributed by atoms with van der Waals surface area (Å²) in [4.78, 5) is 0. The molecule has 108 valence electrons. The van der Waals surface area contributed by atoms with Crippen LogP contribution in [0.15, 0.2) is 15.2 Å². The second kappa shape index (κ2) is 7.38. The molecule has 1 saturated heterocycles. The Balaban J connectivity index is 1.61. The highest BCUT2D eigenvalue weighted by Crippen LogP contribution is 2.22. The van der Waals surface area contributed by atoms with E-state index in [4.69, 9.17) is 9.26 Å². The van der Waals surface area contributed by atoms with E-state index in [1.807, 2.05) is 0 Å². The average molecular weight is 333 g/mol. The maximum absolute atomic E-state index is 9.88. The molecule has 0 amide bonds. The Labute approximate surface area is 121 Å². The van der Waals surface area contributed by atoms with Gasteiger partial charge in [0.15, 0.2) is 5.76 Å². The molecule has 2 heterocycles. The number of rotatable bonds is 6. The van der Waals surface area contributed by atoms with Crippen molar-refractivity contribution in [1.29, 1.82) is 0 Å². The van der Waals surface area contributed by atoms with E-state index in [1.165, 1.54) is 0 Å². The maximum Gasteiger partial charge on any atom is 0.167 e. The minimum atomic E-state index is -0.646. The summed E-state index contributed by atoms with van der Waals surface area (Å²) in [6.07, 6.45) is 3.15. The summed E-state index contributed by atoms with van der Waals surface area (Å²) in [5.41, 5.74) is 0. The average Bonchev–Trinajstić information content (AvgIpc) is 2.81. The van der Waals surface area contributed by atoms with Crippen LogP contribution in [0.3, 0.4) is 0 Å². The number of nitrogens with one attached hydrogen (secondary N) is 1. The summed E-state index contributed by atoms with van der Waals surface area (Å²) >= 11 is 3.19. The number of aliphatic hydroxyl groups is 1. The number of aliphatic hydroxyl groups excluding tert-OH is 1. The molecule has 1 aliphatic rings. The van der Waals surface area contributed by atoms with Gasteiger partial charge in [0, 0.05) is 19.2 Å². The number of aromatic nitrogens is 1. The van der Waals surface area contributed by atoms with Crippen molar-refractivity contribution in [2.24, 2.45) is 5.92 Å². The molecule has 1 aromatic heterocycles. The molecule has 2 N–H and O–H groups in total. The fourth-order valence-electron chi connectivity index (χ4n) is 2.42. The normalized spacial score (nSPS) is 25.4. The molecule has 3 unspecified atom stereocenters. The molecule has 2 rings (SSSR count). The molecule has 1 fully saturated rings. The first kappa shape index (κ1) is 15.0. The molecule has 19 heavy (non-hydrogen) atoms. The summed E-state index contributed by atoms with van der Waals surface area (Å²) in [6.45, 7) is 4.40. The third kappa shape index (κ3) is 4.87. The Bertz CT molecular complexity index is 386. The van der Waals surface area contributed by atoms with Gasteiger partial charge in [0.05, 0.1) is 6.10 Å². The van der Waals surface area contributed by atoms with Crippen LogP contribution in [-0.2, 0) is 4.74 Å². The lowest BCUT2D eigenvalue weighted by molar-refractivity contribution is 0.000825. The monoisotopic (exact) mass is 332 g/mol. The van der Waals surface area contributed by atoms with Crippen LogP contribution in [0.25, 0.3) is 0 Å². The fourth-order valence-corrected chi connectivity index (χ4v) is 2.72. The largest absolute Gasteiger partial charge is 0.384 e. The summed E-state index contributed by atoms with van der Waals surface area (Å²) < 4.78 is 11.1. The van der Waals surface area contributed by atoms with Gasteiger partial charge in [0.25, 0.3) is 0 Å². The lowest BCUT2D eigenvalue weighted by Crippen LogP contribution is -2.28. The van der Waals surface area contributed by atoms with E-state index >= 15 is 0 Å². The van der Waals surface area contributed by atoms with Gasteiger partial charge in [-0.25, -0.2) is 0 Å². The second-order valence-corrected chi connectivity index (χ2v) is 5.94. The van der Waals surface area contributed by atoms with Crippen LogP contribution >= 0.6 is 15.9 Å². The van der Waals surface area contributed by atoms with Crippen molar-refractivity contribution < 1.29 is 14.4 Å². The number of halogens is 1. The van der Waals surface area contributed by atoms with Crippen LogP contribution in [0, 0.1) is 5.92 Å². The van der Waals surface area contributed by atoms with Gasteiger partial charge in [0.2, 0.25) is 0 Å². The van der Waals surface area contributed by atoms with Crippen molar-refractivity contribution in [3.8, 4) is 0 Å².